The molecule has 98 valence electrons. The molecule has 3 heteroatoms. The van der Waals surface area contributed by atoms with Gasteiger partial charge in [0.25, 0.3) is 0 Å². The fourth-order valence-corrected chi connectivity index (χ4v) is 3.32. The molecule has 1 aromatic carbocycles. The van der Waals surface area contributed by atoms with Crippen LogP contribution >= 0.6 is 0 Å². The van der Waals surface area contributed by atoms with Gasteiger partial charge in [-0.25, -0.2) is 0 Å². The van der Waals surface area contributed by atoms with Gasteiger partial charge in [0, 0.05) is 23.2 Å². The molecule has 0 spiro atoms. The van der Waals surface area contributed by atoms with E-state index < -0.39 is 0 Å². The Morgan fingerprint density at radius 3 is 2.68 bits per heavy atom. The van der Waals surface area contributed by atoms with Crippen LogP contribution in [0.1, 0.15) is 43.0 Å². The predicted octanol–water partition coefficient (Wildman–Crippen LogP) is 3.95. The Kier molecular flexibility index (Phi) is 2.94. The summed E-state index contributed by atoms with van der Waals surface area (Å²) < 4.78 is 7.68. The highest BCUT2D eigenvalue weighted by Crippen LogP contribution is 2.37. The normalized spacial score (nSPS) is 15.8. The van der Waals surface area contributed by atoms with E-state index in [2.05, 4.69) is 23.6 Å². The largest absolute Gasteiger partial charge is 0.497 e. The number of nitriles is 1. The number of methoxy groups -OCH3 is 1. The fraction of sp³-hybridized carbons (Fsp3) is 0.438. The molecule has 3 nitrogen and oxygen atoms in total. The summed E-state index contributed by atoms with van der Waals surface area (Å²) in [6, 6.07) is 8.89. The number of aromatic nitrogens is 1. The summed E-state index contributed by atoms with van der Waals surface area (Å²) in [6.07, 6.45) is 5.00. The minimum Gasteiger partial charge on any atom is -0.497 e. The van der Waals surface area contributed by atoms with Crippen molar-refractivity contribution in [2.24, 2.45) is 0 Å². The number of fused-ring (bicyclic) bond motifs is 1. The number of hydrogen-bond acceptors (Lipinski definition) is 2. The van der Waals surface area contributed by atoms with Crippen LogP contribution in [0.15, 0.2) is 18.2 Å². The van der Waals surface area contributed by atoms with Crippen molar-refractivity contribution >= 4 is 10.9 Å². The highest BCUT2D eigenvalue weighted by molar-refractivity contribution is 5.89. The van der Waals surface area contributed by atoms with Crippen LogP contribution in [-0.4, -0.2) is 11.7 Å². The van der Waals surface area contributed by atoms with Crippen LogP contribution in [0.5, 0.6) is 5.75 Å². The molecule has 1 saturated carbocycles. The topological polar surface area (TPSA) is 37.9 Å². The van der Waals surface area contributed by atoms with Gasteiger partial charge in [0.05, 0.1) is 18.2 Å². The summed E-state index contributed by atoms with van der Waals surface area (Å²) in [4.78, 5) is 0. The third-order valence-electron chi connectivity index (χ3n) is 4.26. The van der Waals surface area contributed by atoms with Gasteiger partial charge in [0.15, 0.2) is 0 Å². The van der Waals surface area contributed by atoms with Gasteiger partial charge >= 0.3 is 0 Å². The minimum atomic E-state index is 0.539. The van der Waals surface area contributed by atoms with E-state index in [1.54, 1.807) is 7.11 Å². The summed E-state index contributed by atoms with van der Waals surface area (Å²) in [5, 5.41) is 10.5. The van der Waals surface area contributed by atoms with Gasteiger partial charge in [-0.05, 0) is 31.9 Å². The third-order valence-corrected chi connectivity index (χ3v) is 4.26. The molecular weight excluding hydrogens is 236 g/mol. The Bertz CT molecular complexity index is 657. The molecule has 1 aliphatic rings. The van der Waals surface area contributed by atoms with Crippen molar-refractivity contribution in [3.8, 4) is 11.8 Å². The van der Waals surface area contributed by atoms with Crippen LogP contribution in [0.2, 0.25) is 0 Å². The minimum absolute atomic E-state index is 0.539. The third kappa shape index (κ3) is 1.79. The SMILES string of the molecule is COc1ccc2c(C#N)c(C)n(C3CCCC3)c2c1. The van der Waals surface area contributed by atoms with Crippen LogP contribution in [-0.2, 0) is 0 Å². The summed E-state index contributed by atoms with van der Waals surface area (Å²) in [6.45, 7) is 2.06. The van der Waals surface area contributed by atoms with Crippen molar-refractivity contribution in [2.75, 3.05) is 7.11 Å². The molecule has 0 N–H and O–H groups in total. The van der Waals surface area contributed by atoms with E-state index in [1.807, 2.05) is 12.1 Å². The Morgan fingerprint density at radius 1 is 1.32 bits per heavy atom. The van der Waals surface area contributed by atoms with Crippen molar-refractivity contribution in [2.45, 2.75) is 38.6 Å². The lowest BCUT2D eigenvalue weighted by molar-refractivity contribution is 0.415. The maximum absolute atomic E-state index is 9.40. The van der Waals surface area contributed by atoms with E-state index in [4.69, 9.17) is 4.74 Å². The van der Waals surface area contributed by atoms with Gasteiger partial charge in [0.1, 0.15) is 11.8 Å². The summed E-state index contributed by atoms with van der Waals surface area (Å²) >= 11 is 0. The molecule has 1 fully saturated rings. The molecule has 2 aromatic rings. The summed E-state index contributed by atoms with van der Waals surface area (Å²) in [7, 11) is 1.68. The lowest BCUT2D eigenvalue weighted by atomic mass is 10.1. The quantitative estimate of drug-likeness (QED) is 0.814. The molecule has 1 aliphatic carbocycles. The molecule has 0 amide bonds. The summed E-state index contributed by atoms with van der Waals surface area (Å²) in [5.74, 6) is 0.855. The van der Waals surface area contributed by atoms with Gasteiger partial charge < -0.3 is 9.30 Å². The molecule has 0 unspecified atom stereocenters. The fourth-order valence-electron chi connectivity index (χ4n) is 3.32. The zero-order valence-corrected chi connectivity index (χ0v) is 11.4. The average Bonchev–Trinajstić information content (AvgIpc) is 3.02. The molecule has 0 radical (unpaired) electrons. The molecule has 0 atom stereocenters. The van der Waals surface area contributed by atoms with Gasteiger partial charge in [-0.3, -0.25) is 0 Å². The predicted molar refractivity (Wildman–Crippen MR) is 75.4 cm³/mol. The van der Waals surface area contributed by atoms with E-state index in [0.29, 0.717) is 6.04 Å². The highest BCUT2D eigenvalue weighted by Gasteiger charge is 2.23. The number of benzene rings is 1. The van der Waals surface area contributed by atoms with E-state index in [1.165, 1.54) is 25.7 Å². The maximum atomic E-state index is 9.40. The molecule has 1 heterocycles. The Hall–Kier alpha value is -1.95. The first-order chi connectivity index (χ1) is 9.26. The Balaban J connectivity index is 2.28. The van der Waals surface area contributed by atoms with E-state index in [-0.39, 0.29) is 0 Å². The van der Waals surface area contributed by atoms with Gasteiger partial charge in [0.2, 0.25) is 0 Å². The molecule has 0 bridgehead atoms. The lowest BCUT2D eigenvalue weighted by Crippen LogP contribution is -2.06. The molecule has 3 rings (SSSR count). The number of hydrogen-bond donors (Lipinski definition) is 0. The molecule has 0 aliphatic heterocycles. The van der Waals surface area contributed by atoms with E-state index in [0.717, 1.165) is 27.9 Å². The van der Waals surface area contributed by atoms with Crippen molar-refractivity contribution in [3.63, 3.8) is 0 Å². The van der Waals surface area contributed by atoms with Crippen LogP contribution in [0.3, 0.4) is 0 Å². The molecule has 1 aromatic heterocycles. The number of ether oxygens (including phenoxy) is 1. The van der Waals surface area contributed by atoms with Crippen LogP contribution in [0.4, 0.5) is 0 Å². The number of rotatable bonds is 2. The lowest BCUT2D eigenvalue weighted by Gasteiger charge is -2.16. The van der Waals surface area contributed by atoms with E-state index in [9.17, 15) is 5.26 Å². The summed E-state index contributed by atoms with van der Waals surface area (Å²) in [5.41, 5.74) is 3.04. The highest BCUT2D eigenvalue weighted by atomic mass is 16.5. The van der Waals surface area contributed by atoms with E-state index >= 15 is 0 Å². The van der Waals surface area contributed by atoms with Crippen LogP contribution < -0.4 is 4.74 Å². The molecule has 19 heavy (non-hydrogen) atoms. The molecule has 0 saturated heterocycles. The Labute approximate surface area is 113 Å². The zero-order valence-electron chi connectivity index (χ0n) is 11.4. The van der Waals surface area contributed by atoms with Crippen molar-refractivity contribution in [3.05, 3.63) is 29.5 Å². The maximum Gasteiger partial charge on any atom is 0.120 e. The zero-order chi connectivity index (χ0) is 13.4. The van der Waals surface area contributed by atoms with Crippen LogP contribution in [0, 0.1) is 18.3 Å². The first-order valence-corrected chi connectivity index (χ1v) is 6.85. The monoisotopic (exact) mass is 254 g/mol. The second-order valence-corrected chi connectivity index (χ2v) is 5.26. The van der Waals surface area contributed by atoms with Gasteiger partial charge in [-0.1, -0.05) is 12.8 Å². The number of nitrogens with zero attached hydrogens (tertiary/aromatic N) is 2. The van der Waals surface area contributed by atoms with Crippen LogP contribution in [0.25, 0.3) is 10.9 Å². The van der Waals surface area contributed by atoms with Crippen molar-refractivity contribution in [1.29, 1.82) is 5.26 Å². The van der Waals surface area contributed by atoms with Gasteiger partial charge in [-0.15, -0.1) is 0 Å². The second-order valence-electron chi connectivity index (χ2n) is 5.26. The Morgan fingerprint density at radius 2 is 2.05 bits per heavy atom. The first kappa shape index (κ1) is 12.1. The molecular formula is C16H18N2O. The van der Waals surface area contributed by atoms with Gasteiger partial charge in [-0.2, -0.15) is 5.26 Å². The smallest absolute Gasteiger partial charge is 0.120 e. The standard InChI is InChI=1S/C16H18N2O/c1-11-15(10-17)14-8-7-13(19-2)9-16(14)18(11)12-5-3-4-6-12/h7-9,12H,3-6H2,1-2H3. The second kappa shape index (κ2) is 4.62. The average molecular weight is 254 g/mol. The van der Waals surface area contributed by atoms with Crippen molar-refractivity contribution in [1.82, 2.24) is 4.57 Å². The first-order valence-electron chi connectivity index (χ1n) is 6.85. The van der Waals surface area contributed by atoms with Crippen molar-refractivity contribution < 1.29 is 4.74 Å².